The van der Waals surface area contributed by atoms with Gasteiger partial charge in [0.15, 0.2) is 6.10 Å². The molecule has 8 heteroatoms. The van der Waals surface area contributed by atoms with Crippen molar-refractivity contribution in [1.29, 1.82) is 0 Å². The highest BCUT2D eigenvalue weighted by molar-refractivity contribution is 6.04. The van der Waals surface area contributed by atoms with Gasteiger partial charge in [-0.3, -0.25) is 4.79 Å². The number of hydrogen-bond acceptors (Lipinski definition) is 6. The molecule has 0 aliphatic heterocycles. The highest BCUT2D eigenvalue weighted by Crippen LogP contribution is 2.23. The molecule has 0 saturated carbocycles. The molecule has 0 fully saturated rings. The van der Waals surface area contributed by atoms with E-state index in [1.807, 2.05) is 42.5 Å². The fourth-order valence-electron chi connectivity index (χ4n) is 2.91. The van der Waals surface area contributed by atoms with Gasteiger partial charge in [0.05, 0.1) is 11.3 Å². The van der Waals surface area contributed by atoms with E-state index in [4.69, 9.17) is 4.74 Å². The summed E-state index contributed by atoms with van der Waals surface area (Å²) in [7, 11) is 0. The smallest absolute Gasteiger partial charge is 0.338 e. The summed E-state index contributed by atoms with van der Waals surface area (Å²) in [5.41, 5.74) is 1.57. The van der Waals surface area contributed by atoms with Gasteiger partial charge in [0.2, 0.25) is 0 Å². The number of anilines is 1. The zero-order valence-electron chi connectivity index (χ0n) is 15.5. The largest absolute Gasteiger partial charge is 0.449 e. The molecule has 3 aromatic carbocycles. The van der Waals surface area contributed by atoms with E-state index in [1.54, 1.807) is 24.3 Å². The second-order valence-corrected chi connectivity index (χ2v) is 6.37. The normalized spacial score (nSPS) is 11.8. The summed E-state index contributed by atoms with van der Waals surface area (Å²) in [5, 5.41) is 15.7. The van der Waals surface area contributed by atoms with Gasteiger partial charge in [-0.1, -0.05) is 42.5 Å². The van der Waals surface area contributed by atoms with Gasteiger partial charge in [0.1, 0.15) is 6.33 Å². The average molecular weight is 387 g/mol. The van der Waals surface area contributed by atoms with Crippen molar-refractivity contribution in [3.63, 3.8) is 0 Å². The Morgan fingerprint density at radius 2 is 1.83 bits per heavy atom. The molecule has 1 N–H and O–H groups in total. The van der Waals surface area contributed by atoms with Crippen molar-refractivity contribution in [2.45, 2.75) is 13.0 Å². The zero-order chi connectivity index (χ0) is 20.2. The summed E-state index contributed by atoms with van der Waals surface area (Å²) in [6, 6.07) is 20.0. The third-order valence-electron chi connectivity index (χ3n) is 4.40. The minimum atomic E-state index is -0.974. The number of ether oxygens (including phenoxy) is 1. The number of benzene rings is 3. The van der Waals surface area contributed by atoms with E-state index in [-0.39, 0.29) is 0 Å². The van der Waals surface area contributed by atoms with Crippen LogP contribution in [0.1, 0.15) is 17.3 Å². The first-order valence-electron chi connectivity index (χ1n) is 8.95. The highest BCUT2D eigenvalue weighted by atomic mass is 16.5. The average Bonchev–Trinajstić information content (AvgIpc) is 3.29. The first kappa shape index (κ1) is 18.3. The van der Waals surface area contributed by atoms with Gasteiger partial charge in [-0.25, -0.2) is 9.48 Å². The van der Waals surface area contributed by atoms with Gasteiger partial charge < -0.3 is 10.1 Å². The number of fused-ring (bicyclic) bond motifs is 1. The molecule has 1 atom stereocenters. The lowest BCUT2D eigenvalue weighted by Gasteiger charge is -2.15. The molecule has 1 amide bonds. The number of nitrogens with one attached hydrogen (secondary N) is 1. The fraction of sp³-hybridized carbons (Fsp3) is 0.0952. The van der Waals surface area contributed by atoms with Crippen molar-refractivity contribution in [2.75, 3.05) is 5.32 Å². The fourth-order valence-corrected chi connectivity index (χ4v) is 2.91. The number of nitrogens with zero attached hydrogens (tertiary/aromatic N) is 4. The molecule has 4 rings (SSSR count). The minimum absolute atomic E-state index is 0.294. The number of aromatic nitrogens is 4. The van der Waals surface area contributed by atoms with Crippen LogP contribution < -0.4 is 5.32 Å². The van der Waals surface area contributed by atoms with Gasteiger partial charge in [0.25, 0.3) is 5.91 Å². The lowest BCUT2D eigenvalue weighted by molar-refractivity contribution is -0.123. The van der Waals surface area contributed by atoms with Crippen LogP contribution in [-0.4, -0.2) is 38.2 Å². The topological polar surface area (TPSA) is 99.0 Å². The lowest BCUT2D eigenvalue weighted by atomic mass is 10.1. The van der Waals surface area contributed by atoms with Crippen LogP contribution in [0.5, 0.6) is 0 Å². The SMILES string of the molecule is CC(OC(=O)c1cccc(-n2cnnn2)c1)C(=O)Nc1cccc2ccccc12. The van der Waals surface area contributed by atoms with E-state index in [9.17, 15) is 9.59 Å². The predicted molar refractivity (Wildman–Crippen MR) is 107 cm³/mol. The van der Waals surface area contributed by atoms with Gasteiger partial charge in [0, 0.05) is 11.1 Å². The number of carbonyl (C=O) groups is 2. The number of amides is 1. The maximum atomic E-state index is 12.6. The molecule has 29 heavy (non-hydrogen) atoms. The van der Waals surface area contributed by atoms with Crippen molar-refractivity contribution in [1.82, 2.24) is 20.2 Å². The highest BCUT2D eigenvalue weighted by Gasteiger charge is 2.20. The summed E-state index contributed by atoms with van der Waals surface area (Å²) in [4.78, 5) is 25.0. The molecule has 1 aromatic heterocycles. The molecular weight excluding hydrogens is 370 g/mol. The quantitative estimate of drug-likeness (QED) is 0.529. The summed E-state index contributed by atoms with van der Waals surface area (Å²) in [5.74, 6) is -1.02. The van der Waals surface area contributed by atoms with Crippen LogP contribution in [0.4, 0.5) is 5.69 Å². The Morgan fingerprint density at radius 3 is 2.66 bits per heavy atom. The number of tetrazole rings is 1. The van der Waals surface area contributed by atoms with Crippen molar-refractivity contribution < 1.29 is 14.3 Å². The summed E-state index contributed by atoms with van der Waals surface area (Å²) in [6.07, 6.45) is 0.447. The number of rotatable bonds is 5. The van der Waals surface area contributed by atoms with Crippen LogP contribution in [0, 0.1) is 0 Å². The van der Waals surface area contributed by atoms with E-state index in [0.29, 0.717) is 16.9 Å². The number of hydrogen-bond donors (Lipinski definition) is 1. The number of carbonyl (C=O) groups excluding carboxylic acids is 2. The Balaban J connectivity index is 1.46. The van der Waals surface area contributed by atoms with Gasteiger partial charge >= 0.3 is 5.97 Å². The molecule has 4 aromatic rings. The zero-order valence-corrected chi connectivity index (χ0v) is 15.5. The standard InChI is InChI=1S/C21H17N5O3/c1-14(20(27)23-19-11-5-7-15-6-2-3-10-18(15)19)29-21(28)16-8-4-9-17(12-16)26-13-22-24-25-26/h2-14H,1H3,(H,23,27). The third-order valence-corrected chi connectivity index (χ3v) is 4.40. The molecule has 0 spiro atoms. The summed E-state index contributed by atoms with van der Waals surface area (Å²) in [6.45, 7) is 1.53. The van der Waals surface area contributed by atoms with Crippen LogP contribution in [0.25, 0.3) is 16.5 Å². The monoisotopic (exact) mass is 387 g/mol. The van der Waals surface area contributed by atoms with Gasteiger partial charge in [-0.15, -0.1) is 5.10 Å². The molecule has 1 heterocycles. The van der Waals surface area contributed by atoms with Crippen LogP contribution in [-0.2, 0) is 9.53 Å². The number of esters is 1. The molecule has 144 valence electrons. The molecule has 0 aliphatic rings. The Hall–Kier alpha value is -4.07. The van der Waals surface area contributed by atoms with Crippen LogP contribution in [0.3, 0.4) is 0 Å². The van der Waals surface area contributed by atoms with E-state index < -0.39 is 18.0 Å². The van der Waals surface area contributed by atoms with Crippen LogP contribution in [0.15, 0.2) is 73.1 Å². The van der Waals surface area contributed by atoms with E-state index >= 15 is 0 Å². The van der Waals surface area contributed by atoms with Crippen molar-refractivity contribution in [2.24, 2.45) is 0 Å². The Labute approximate surface area is 166 Å². The van der Waals surface area contributed by atoms with Crippen molar-refractivity contribution in [3.8, 4) is 5.69 Å². The second kappa shape index (κ2) is 7.89. The molecule has 1 unspecified atom stereocenters. The third kappa shape index (κ3) is 3.96. The predicted octanol–water partition coefficient (Wildman–Crippen LogP) is 3.00. The first-order valence-corrected chi connectivity index (χ1v) is 8.95. The van der Waals surface area contributed by atoms with Gasteiger partial charge in [-0.05, 0) is 47.0 Å². The van der Waals surface area contributed by atoms with Crippen LogP contribution in [0.2, 0.25) is 0 Å². The maximum absolute atomic E-state index is 12.6. The minimum Gasteiger partial charge on any atom is -0.449 e. The van der Waals surface area contributed by atoms with E-state index in [2.05, 4.69) is 20.8 Å². The maximum Gasteiger partial charge on any atom is 0.338 e. The first-order chi connectivity index (χ1) is 14.1. The van der Waals surface area contributed by atoms with Crippen molar-refractivity contribution in [3.05, 3.63) is 78.6 Å². The molecule has 0 radical (unpaired) electrons. The molecule has 0 aliphatic carbocycles. The summed E-state index contributed by atoms with van der Waals surface area (Å²) < 4.78 is 6.77. The van der Waals surface area contributed by atoms with E-state index in [1.165, 1.54) is 17.9 Å². The Morgan fingerprint density at radius 1 is 1.03 bits per heavy atom. The Kier molecular flexibility index (Phi) is 4.98. The molecule has 0 saturated heterocycles. The van der Waals surface area contributed by atoms with Crippen molar-refractivity contribution >= 4 is 28.3 Å². The van der Waals surface area contributed by atoms with E-state index in [0.717, 1.165) is 10.8 Å². The van der Waals surface area contributed by atoms with Crippen LogP contribution >= 0.6 is 0 Å². The lowest BCUT2D eigenvalue weighted by Crippen LogP contribution is -2.30. The molecule has 0 bridgehead atoms. The van der Waals surface area contributed by atoms with Gasteiger partial charge in [-0.2, -0.15) is 0 Å². The second-order valence-electron chi connectivity index (χ2n) is 6.37. The molecular formula is C21H17N5O3. The Bertz CT molecular complexity index is 1170. The molecule has 8 nitrogen and oxygen atoms in total. The summed E-state index contributed by atoms with van der Waals surface area (Å²) >= 11 is 0.